The number of piperidine rings is 3. The Labute approximate surface area is 273 Å². The summed E-state index contributed by atoms with van der Waals surface area (Å²) in [5, 5.41) is 48.7. The monoisotopic (exact) mass is 635 g/mol. The number of nitrogens with zero attached hydrogens (tertiary/aromatic N) is 8. The first-order valence-electron chi connectivity index (χ1n) is 16.1. The van der Waals surface area contributed by atoms with Crippen molar-refractivity contribution in [2.45, 2.75) is 109 Å². The fourth-order valence-corrected chi connectivity index (χ4v) is 5.93. The maximum atomic E-state index is 9.61. The average molecular weight is 635 g/mol. The lowest BCUT2D eigenvalue weighted by Crippen LogP contribution is -2.50. The van der Waals surface area contributed by atoms with Crippen LogP contribution in [0.2, 0.25) is 13.6 Å². The van der Waals surface area contributed by atoms with E-state index in [0.717, 1.165) is 58.2 Å². The molecule has 3 aliphatic rings. The van der Waals surface area contributed by atoms with E-state index in [0.29, 0.717) is 29.5 Å². The Morgan fingerprint density at radius 2 is 1.26 bits per heavy atom. The zero-order valence-corrected chi connectivity index (χ0v) is 27.5. The van der Waals surface area contributed by atoms with Gasteiger partial charge in [0.15, 0.2) is 11.4 Å². The van der Waals surface area contributed by atoms with Gasteiger partial charge in [-0.25, -0.2) is 19.9 Å². The second-order valence-corrected chi connectivity index (χ2v) is 12.2. The van der Waals surface area contributed by atoms with E-state index < -0.39 is 7.05 Å². The molecule has 16 heteroatoms. The largest absolute Gasteiger partial charge is 0.473 e. The molecule has 4 N–H and O–H groups in total. The lowest BCUT2D eigenvalue weighted by Gasteiger charge is -2.38. The average Bonchev–Trinajstić information content (AvgIpc) is 3.02. The van der Waals surface area contributed by atoms with Crippen LogP contribution in [0.15, 0.2) is 24.8 Å². The van der Waals surface area contributed by atoms with Crippen LogP contribution in [0, 0.1) is 22.7 Å². The van der Waals surface area contributed by atoms with Crippen molar-refractivity contribution in [3.63, 3.8) is 0 Å². The fraction of sp³-hybridized carbons (Fsp3) is 0.667. The number of aliphatic hydroxyl groups is 1. The zero-order chi connectivity index (χ0) is 33.6. The molecule has 0 amide bonds. The molecular formula is C30H47B2N9O5. The number of rotatable bonds is 6. The van der Waals surface area contributed by atoms with Crippen molar-refractivity contribution in [2.24, 2.45) is 0 Å². The summed E-state index contributed by atoms with van der Waals surface area (Å²) < 4.78 is 11.5. The molecule has 46 heavy (non-hydrogen) atoms. The standard InChI is InChI=1S/C12H17BN4O2.C11H14N4O.C7H16BNO2/c1-9-5-11(3-4-17(9)13(2)18)19-12-8-15-10(6-14)7-16-12;1-8-4-10(2-3-13-8)16-11-7-14-9(5-12)6-15-11;1-6-5-7(10)3-4-9(6)8(2)11/h7-9,11,18H,3-5H2,1-2H3;6-8,10,13H,2-4H2,1H3;6-7,10-11H,3-5H2,1-2H3/t9-,11-;8-,10-;6-,7-/m000/s1. The van der Waals surface area contributed by atoms with Crippen LogP contribution in [0.4, 0.5) is 0 Å². The van der Waals surface area contributed by atoms with Crippen molar-refractivity contribution >= 4 is 14.1 Å². The highest BCUT2D eigenvalue weighted by atomic mass is 16.5. The fourth-order valence-electron chi connectivity index (χ4n) is 5.93. The number of aromatic nitrogens is 4. The summed E-state index contributed by atoms with van der Waals surface area (Å²) in [6.45, 7) is 12.4. The number of hydrogen-bond acceptors (Lipinski definition) is 14. The Morgan fingerprint density at radius 1 is 0.761 bits per heavy atom. The first kappa shape index (κ1) is 37.1. The van der Waals surface area contributed by atoms with Crippen LogP contribution in [0.1, 0.15) is 70.7 Å². The minimum Gasteiger partial charge on any atom is -0.473 e. The maximum absolute atomic E-state index is 9.61. The van der Waals surface area contributed by atoms with Gasteiger partial charge in [0, 0.05) is 18.1 Å². The summed E-state index contributed by atoms with van der Waals surface area (Å²) in [7, 11) is -0.803. The van der Waals surface area contributed by atoms with Crippen LogP contribution in [0.3, 0.4) is 0 Å². The smallest absolute Gasteiger partial charge is 0.376 e. The molecule has 0 aliphatic carbocycles. The van der Waals surface area contributed by atoms with Crippen LogP contribution in [-0.2, 0) is 0 Å². The van der Waals surface area contributed by atoms with E-state index in [-0.39, 0.29) is 37.1 Å². The van der Waals surface area contributed by atoms with E-state index in [2.05, 4.69) is 39.1 Å². The Balaban J connectivity index is 0.000000195. The first-order chi connectivity index (χ1) is 22.0. The molecule has 0 bridgehead atoms. The Bertz CT molecular complexity index is 1260. The highest BCUT2D eigenvalue weighted by molar-refractivity contribution is 6.45. The number of ether oxygens (including phenoxy) is 2. The van der Waals surface area contributed by atoms with Crippen LogP contribution in [0.25, 0.3) is 0 Å². The predicted molar refractivity (Wildman–Crippen MR) is 174 cm³/mol. The lowest BCUT2D eigenvalue weighted by atomic mass is 9.80. The molecule has 0 radical (unpaired) electrons. The molecule has 0 aromatic carbocycles. The summed E-state index contributed by atoms with van der Waals surface area (Å²) in [5.41, 5.74) is 0.593. The van der Waals surface area contributed by atoms with Gasteiger partial charge in [-0.05, 0) is 78.7 Å². The number of hydrogen-bond donors (Lipinski definition) is 4. The van der Waals surface area contributed by atoms with E-state index >= 15 is 0 Å². The molecule has 5 heterocycles. The van der Waals surface area contributed by atoms with Crippen LogP contribution >= 0.6 is 0 Å². The van der Waals surface area contributed by atoms with Gasteiger partial charge in [0.1, 0.15) is 24.3 Å². The highest BCUT2D eigenvalue weighted by Crippen LogP contribution is 2.22. The Hall–Kier alpha value is -3.37. The third-order valence-electron chi connectivity index (χ3n) is 8.37. The van der Waals surface area contributed by atoms with Crippen molar-refractivity contribution < 1.29 is 24.6 Å². The topological polar surface area (TPSA) is 197 Å². The van der Waals surface area contributed by atoms with Gasteiger partial charge in [-0.15, -0.1) is 0 Å². The van der Waals surface area contributed by atoms with Crippen LogP contribution in [0.5, 0.6) is 11.8 Å². The first-order valence-corrected chi connectivity index (χ1v) is 16.1. The molecular weight excluding hydrogens is 588 g/mol. The molecule has 3 aliphatic heterocycles. The van der Waals surface area contributed by atoms with Crippen LogP contribution in [-0.4, -0.2) is 115 Å². The number of nitriles is 2. The van der Waals surface area contributed by atoms with Crippen LogP contribution < -0.4 is 14.8 Å². The van der Waals surface area contributed by atoms with Gasteiger partial charge in [0.05, 0.1) is 30.9 Å². The summed E-state index contributed by atoms with van der Waals surface area (Å²) in [5.74, 6) is 0.944. The van der Waals surface area contributed by atoms with Gasteiger partial charge in [0.25, 0.3) is 0 Å². The van der Waals surface area contributed by atoms with E-state index in [4.69, 9.17) is 20.0 Å². The van der Waals surface area contributed by atoms with Gasteiger partial charge in [-0.3, -0.25) is 0 Å². The molecule has 14 nitrogen and oxygen atoms in total. The van der Waals surface area contributed by atoms with Gasteiger partial charge >= 0.3 is 14.1 Å². The third kappa shape index (κ3) is 12.1. The van der Waals surface area contributed by atoms with E-state index in [1.165, 1.54) is 24.8 Å². The van der Waals surface area contributed by atoms with Gasteiger partial charge in [-0.1, -0.05) is 13.8 Å². The summed E-state index contributed by atoms with van der Waals surface area (Å²) in [6.07, 6.45) is 11.1. The molecule has 0 unspecified atom stereocenters. The molecule has 0 saturated carbocycles. The van der Waals surface area contributed by atoms with Gasteiger partial charge in [0.2, 0.25) is 11.8 Å². The predicted octanol–water partition coefficient (Wildman–Crippen LogP) is 1.50. The van der Waals surface area contributed by atoms with Gasteiger partial charge < -0.3 is 39.6 Å². The van der Waals surface area contributed by atoms with Crippen molar-refractivity contribution in [3.05, 3.63) is 36.2 Å². The maximum Gasteiger partial charge on any atom is 0.376 e. The van der Waals surface area contributed by atoms with Crippen molar-refractivity contribution in [1.29, 1.82) is 10.5 Å². The van der Waals surface area contributed by atoms with E-state index in [1.807, 2.05) is 28.7 Å². The minimum atomic E-state index is -0.425. The normalized spacial score (nSPS) is 26.5. The zero-order valence-electron chi connectivity index (χ0n) is 27.5. The third-order valence-corrected chi connectivity index (χ3v) is 8.37. The minimum absolute atomic E-state index is 0.0761. The molecule has 0 spiro atoms. The highest BCUT2D eigenvalue weighted by Gasteiger charge is 2.31. The lowest BCUT2D eigenvalue weighted by molar-refractivity contribution is 0.0791. The van der Waals surface area contributed by atoms with Crippen molar-refractivity contribution in [3.8, 4) is 23.9 Å². The SMILES string of the molecule is CB(O)N1CC[C@H](O)C[C@@H]1C.CB(O)N1CC[C@H](Oc2cnc(C#N)cn2)C[C@@H]1C.C[C@H]1C[C@@H](Oc2cnc(C#N)cn2)CCN1. The molecule has 2 aromatic rings. The number of aliphatic hydroxyl groups excluding tert-OH is 1. The summed E-state index contributed by atoms with van der Waals surface area (Å²) in [6, 6.07) is 4.90. The van der Waals surface area contributed by atoms with Gasteiger partial charge in [-0.2, -0.15) is 10.5 Å². The van der Waals surface area contributed by atoms with E-state index in [9.17, 15) is 15.2 Å². The molecule has 3 saturated heterocycles. The summed E-state index contributed by atoms with van der Waals surface area (Å²) >= 11 is 0. The van der Waals surface area contributed by atoms with Crippen molar-refractivity contribution in [1.82, 2.24) is 34.9 Å². The molecule has 3 fully saturated rings. The second-order valence-electron chi connectivity index (χ2n) is 12.2. The number of nitrogens with one attached hydrogen (secondary N) is 1. The molecule has 2 aromatic heterocycles. The molecule has 6 atom stereocenters. The second kappa shape index (κ2) is 18.7. The molecule has 5 rings (SSSR count). The summed E-state index contributed by atoms with van der Waals surface area (Å²) in [4.78, 5) is 20.0. The Kier molecular flexibility index (Phi) is 15.1. The van der Waals surface area contributed by atoms with Crippen molar-refractivity contribution in [2.75, 3.05) is 19.6 Å². The Morgan fingerprint density at radius 3 is 1.67 bits per heavy atom. The van der Waals surface area contributed by atoms with E-state index in [1.54, 1.807) is 13.6 Å². The molecule has 248 valence electrons. The quantitative estimate of drug-likeness (QED) is 0.333.